The maximum atomic E-state index is 11.7. The van der Waals surface area contributed by atoms with Crippen LogP contribution in [0.3, 0.4) is 0 Å². The van der Waals surface area contributed by atoms with Crippen LogP contribution in [0.15, 0.2) is 18.2 Å². The number of benzene rings is 1. The van der Waals surface area contributed by atoms with Gasteiger partial charge >= 0.3 is 0 Å². The highest BCUT2D eigenvalue weighted by Crippen LogP contribution is 2.25. The van der Waals surface area contributed by atoms with Crippen molar-refractivity contribution in [3.8, 4) is 11.5 Å². The third-order valence-corrected chi connectivity index (χ3v) is 2.68. The first-order valence-corrected chi connectivity index (χ1v) is 5.96. The Morgan fingerprint density at radius 1 is 1.33 bits per heavy atom. The number of likely N-dealkylation sites (N-methyl/N-ethyl adjacent to an activating group) is 1. The second-order valence-corrected chi connectivity index (χ2v) is 3.76. The van der Waals surface area contributed by atoms with Crippen molar-refractivity contribution in [3.63, 3.8) is 0 Å². The van der Waals surface area contributed by atoms with Gasteiger partial charge in [-0.2, -0.15) is 0 Å². The largest absolute Gasteiger partial charge is 0.495 e. The fourth-order valence-corrected chi connectivity index (χ4v) is 1.61. The summed E-state index contributed by atoms with van der Waals surface area (Å²) in [5, 5.41) is 0. The molecule has 0 radical (unpaired) electrons. The van der Waals surface area contributed by atoms with E-state index in [-0.39, 0.29) is 12.5 Å². The normalized spacial score (nSPS) is 9.94. The molecule has 1 aromatic carbocycles. The fourth-order valence-electron chi connectivity index (χ4n) is 1.61. The smallest absolute Gasteiger partial charge is 0.260 e. The third-order valence-electron chi connectivity index (χ3n) is 2.68. The van der Waals surface area contributed by atoms with Crippen LogP contribution >= 0.6 is 0 Å². The zero-order valence-corrected chi connectivity index (χ0v) is 11.1. The van der Waals surface area contributed by atoms with E-state index < -0.39 is 0 Å². The van der Waals surface area contributed by atoms with Crippen LogP contribution in [-0.2, 0) is 4.79 Å². The summed E-state index contributed by atoms with van der Waals surface area (Å²) in [7, 11) is 1.55. The summed E-state index contributed by atoms with van der Waals surface area (Å²) in [6, 6.07) is 5.09. The van der Waals surface area contributed by atoms with Crippen molar-refractivity contribution in [1.82, 2.24) is 4.90 Å². The average Bonchev–Trinajstić information content (AvgIpc) is 2.38. The van der Waals surface area contributed by atoms with Gasteiger partial charge in [0, 0.05) is 19.2 Å². The van der Waals surface area contributed by atoms with Crippen LogP contribution in [0.25, 0.3) is 0 Å². The fraction of sp³-hybridized carbons (Fsp3) is 0.462. The number of nitrogen functional groups attached to an aromatic ring is 1. The van der Waals surface area contributed by atoms with Crippen LogP contribution in [-0.4, -0.2) is 37.6 Å². The molecule has 0 saturated carbocycles. The summed E-state index contributed by atoms with van der Waals surface area (Å²) in [6.45, 7) is 5.26. The van der Waals surface area contributed by atoms with E-state index in [1.165, 1.54) is 0 Å². The Kier molecular flexibility index (Phi) is 5.30. The summed E-state index contributed by atoms with van der Waals surface area (Å²) in [5.41, 5.74) is 6.24. The minimum Gasteiger partial charge on any atom is -0.495 e. The van der Waals surface area contributed by atoms with E-state index in [0.717, 1.165) is 0 Å². The number of rotatable bonds is 6. The van der Waals surface area contributed by atoms with Crippen molar-refractivity contribution in [2.45, 2.75) is 13.8 Å². The highest BCUT2D eigenvalue weighted by Gasteiger charge is 2.10. The number of hydrogen-bond acceptors (Lipinski definition) is 4. The summed E-state index contributed by atoms with van der Waals surface area (Å²) in [5.74, 6) is 1.13. The van der Waals surface area contributed by atoms with Gasteiger partial charge in [-0.25, -0.2) is 0 Å². The summed E-state index contributed by atoms with van der Waals surface area (Å²) in [6.07, 6.45) is 0. The van der Waals surface area contributed by atoms with E-state index in [9.17, 15) is 4.79 Å². The number of nitrogens with zero attached hydrogens (tertiary/aromatic N) is 1. The number of carbonyl (C=O) groups excluding carboxylic acids is 1. The Hall–Kier alpha value is -1.91. The molecule has 2 N–H and O–H groups in total. The Morgan fingerprint density at radius 3 is 2.50 bits per heavy atom. The molecule has 0 unspecified atom stereocenters. The first-order valence-electron chi connectivity index (χ1n) is 5.96. The van der Waals surface area contributed by atoms with Gasteiger partial charge in [0.15, 0.2) is 6.61 Å². The van der Waals surface area contributed by atoms with Crippen LogP contribution in [0, 0.1) is 0 Å². The van der Waals surface area contributed by atoms with Crippen molar-refractivity contribution >= 4 is 11.6 Å². The second-order valence-electron chi connectivity index (χ2n) is 3.76. The molecule has 1 rings (SSSR count). The maximum absolute atomic E-state index is 11.7. The molecule has 0 heterocycles. The molecular weight excluding hydrogens is 232 g/mol. The van der Waals surface area contributed by atoms with Gasteiger partial charge in [0.25, 0.3) is 5.91 Å². The van der Waals surface area contributed by atoms with E-state index >= 15 is 0 Å². The molecule has 0 fully saturated rings. The number of ether oxygens (including phenoxy) is 2. The average molecular weight is 252 g/mol. The molecule has 5 heteroatoms. The molecule has 18 heavy (non-hydrogen) atoms. The Balaban J connectivity index is 2.58. The van der Waals surface area contributed by atoms with Gasteiger partial charge in [-0.1, -0.05) is 0 Å². The van der Waals surface area contributed by atoms with E-state index in [0.29, 0.717) is 30.3 Å². The summed E-state index contributed by atoms with van der Waals surface area (Å²) < 4.78 is 10.4. The van der Waals surface area contributed by atoms with Crippen LogP contribution in [0.5, 0.6) is 11.5 Å². The molecule has 0 aliphatic heterocycles. The number of amides is 1. The number of anilines is 1. The van der Waals surface area contributed by atoms with Gasteiger partial charge in [0.1, 0.15) is 11.5 Å². The highest BCUT2D eigenvalue weighted by molar-refractivity contribution is 5.77. The zero-order valence-electron chi connectivity index (χ0n) is 11.1. The molecule has 0 atom stereocenters. The molecule has 100 valence electrons. The monoisotopic (exact) mass is 252 g/mol. The Bertz CT molecular complexity index is 403. The van der Waals surface area contributed by atoms with Crippen LogP contribution in [0.2, 0.25) is 0 Å². The predicted molar refractivity (Wildman–Crippen MR) is 70.8 cm³/mol. The van der Waals surface area contributed by atoms with Crippen LogP contribution < -0.4 is 15.2 Å². The van der Waals surface area contributed by atoms with Crippen molar-refractivity contribution in [2.75, 3.05) is 32.5 Å². The Labute approximate surface area is 107 Å². The number of carbonyl (C=O) groups is 1. The lowest BCUT2D eigenvalue weighted by molar-refractivity contribution is -0.132. The van der Waals surface area contributed by atoms with Gasteiger partial charge in [0.2, 0.25) is 0 Å². The topological polar surface area (TPSA) is 64.8 Å². The van der Waals surface area contributed by atoms with Crippen LogP contribution in [0.1, 0.15) is 13.8 Å². The minimum absolute atomic E-state index is 0.0213. The summed E-state index contributed by atoms with van der Waals surface area (Å²) >= 11 is 0. The SMILES string of the molecule is CCN(CC)C(=O)COc1ccc(OC)c(N)c1. The second kappa shape index (κ2) is 6.74. The molecule has 5 nitrogen and oxygen atoms in total. The van der Waals surface area contributed by atoms with Gasteiger partial charge < -0.3 is 20.1 Å². The summed E-state index contributed by atoms with van der Waals surface area (Å²) in [4.78, 5) is 13.4. The minimum atomic E-state index is -0.0330. The number of hydrogen-bond donors (Lipinski definition) is 1. The van der Waals surface area contributed by atoms with Crippen molar-refractivity contribution < 1.29 is 14.3 Å². The molecule has 0 spiro atoms. The molecule has 0 bridgehead atoms. The molecule has 1 amide bonds. The van der Waals surface area contributed by atoms with Crippen molar-refractivity contribution in [1.29, 1.82) is 0 Å². The van der Waals surface area contributed by atoms with Gasteiger partial charge in [-0.3, -0.25) is 4.79 Å². The maximum Gasteiger partial charge on any atom is 0.260 e. The molecule has 0 aromatic heterocycles. The number of methoxy groups -OCH3 is 1. The lowest BCUT2D eigenvalue weighted by Gasteiger charge is -2.18. The van der Waals surface area contributed by atoms with Gasteiger partial charge in [-0.05, 0) is 26.0 Å². The van der Waals surface area contributed by atoms with Gasteiger partial charge in [0.05, 0.1) is 12.8 Å². The third kappa shape index (κ3) is 3.55. The van der Waals surface area contributed by atoms with Crippen LogP contribution in [0.4, 0.5) is 5.69 Å². The first kappa shape index (κ1) is 14.2. The zero-order chi connectivity index (χ0) is 13.5. The Morgan fingerprint density at radius 2 is 2.00 bits per heavy atom. The quantitative estimate of drug-likeness (QED) is 0.780. The standard InChI is InChI=1S/C13H20N2O3/c1-4-15(5-2)13(16)9-18-10-6-7-12(17-3)11(14)8-10/h6-8H,4-5,9,14H2,1-3H3. The van der Waals surface area contributed by atoms with Crippen molar-refractivity contribution in [3.05, 3.63) is 18.2 Å². The molecule has 0 saturated heterocycles. The first-order chi connectivity index (χ1) is 8.62. The van der Waals surface area contributed by atoms with E-state index in [1.807, 2.05) is 13.8 Å². The molecule has 0 aliphatic carbocycles. The highest BCUT2D eigenvalue weighted by atomic mass is 16.5. The molecule has 1 aromatic rings. The van der Waals surface area contributed by atoms with E-state index in [4.69, 9.17) is 15.2 Å². The molecular formula is C13H20N2O3. The van der Waals surface area contributed by atoms with Gasteiger partial charge in [-0.15, -0.1) is 0 Å². The lowest BCUT2D eigenvalue weighted by atomic mass is 10.3. The number of nitrogens with two attached hydrogens (primary N) is 1. The van der Waals surface area contributed by atoms with Crippen molar-refractivity contribution in [2.24, 2.45) is 0 Å². The molecule has 0 aliphatic rings. The lowest BCUT2D eigenvalue weighted by Crippen LogP contribution is -2.34. The van der Waals surface area contributed by atoms with E-state index in [1.54, 1.807) is 30.2 Å². The van der Waals surface area contributed by atoms with E-state index in [2.05, 4.69) is 0 Å². The predicted octanol–water partition coefficient (Wildman–Crippen LogP) is 1.52.